The van der Waals surface area contributed by atoms with Crippen LogP contribution in [-0.2, 0) is 38.4 Å². The van der Waals surface area contributed by atoms with Crippen LogP contribution in [0.2, 0.25) is 0 Å². The number of carbonyl (C=O) groups is 8. The molecule has 0 radical (unpaired) electrons. The molecule has 0 bridgehead atoms. The first-order chi connectivity index (χ1) is 30.6. The predicted octanol–water partition coefficient (Wildman–Crippen LogP) is -1.49. The fraction of sp³-hybridized carbons (Fsp3) is 0.738. The molecule has 0 aromatic rings. The number of guanidine groups is 3. The third-order valence-electron chi connectivity index (χ3n) is 10.6. The molecule has 23 heteroatoms. The SMILES string of the molecule is CC[C@@H](CCC(=O)O)C(=O)NCC(=O)C[C@@H](CC(C)C)C(=O)N[C@@H](CCCN=C(N)N)C(=O)C[C@@H](CCCCN)C(=O)N[C@@H](CCCN=C(N)N)C(=O)C[C@@H](CCCN=C(N)N)C(N)=O. The number of nitrogens with one attached hydrogen (secondary N) is 3. The van der Waals surface area contributed by atoms with Crippen molar-refractivity contribution in [3.8, 4) is 0 Å². The van der Waals surface area contributed by atoms with E-state index in [4.69, 9.17) is 51.0 Å². The Balaban J connectivity index is 6.49. The summed E-state index contributed by atoms with van der Waals surface area (Å²) in [5.41, 5.74) is 44.1. The van der Waals surface area contributed by atoms with E-state index >= 15 is 0 Å². The first kappa shape index (κ1) is 59.1. The van der Waals surface area contributed by atoms with E-state index in [0.29, 0.717) is 32.2 Å². The highest BCUT2D eigenvalue weighted by Gasteiger charge is 2.33. The molecule has 0 fully saturated rings. The highest BCUT2D eigenvalue weighted by Crippen LogP contribution is 2.22. The van der Waals surface area contributed by atoms with Gasteiger partial charge in [-0.05, 0) is 83.1 Å². The number of aliphatic carboxylic acids is 1. The van der Waals surface area contributed by atoms with E-state index in [1.54, 1.807) is 6.92 Å². The lowest BCUT2D eigenvalue weighted by atomic mass is 9.88. The van der Waals surface area contributed by atoms with Gasteiger partial charge in [0.2, 0.25) is 23.6 Å². The second-order valence-electron chi connectivity index (χ2n) is 16.7. The smallest absolute Gasteiger partial charge is 0.303 e. The van der Waals surface area contributed by atoms with Gasteiger partial charge in [0, 0.05) is 69.0 Å². The molecule has 0 aliphatic carbocycles. The number of rotatable bonds is 38. The van der Waals surface area contributed by atoms with Crippen LogP contribution in [-0.4, -0.2) is 115 Å². The topological polar surface area (TPSA) is 438 Å². The van der Waals surface area contributed by atoms with Gasteiger partial charge in [0.15, 0.2) is 35.2 Å². The minimum absolute atomic E-state index is 0.0432. The summed E-state index contributed by atoms with van der Waals surface area (Å²) >= 11 is 0. The van der Waals surface area contributed by atoms with Gasteiger partial charge >= 0.3 is 5.97 Å². The van der Waals surface area contributed by atoms with Gasteiger partial charge in [-0.3, -0.25) is 53.3 Å². The van der Waals surface area contributed by atoms with Crippen LogP contribution in [0.15, 0.2) is 15.0 Å². The summed E-state index contributed by atoms with van der Waals surface area (Å²) in [4.78, 5) is 117. The molecule has 6 atom stereocenters. The fourth-order valence-electron chi connectivity index (χ4n) is 7.08. The van der Waals surface area contributed by atoms with Crippen LogP contribution in [0, 0.1) is 29.6 Å². The zero-order valence-electron chi connectivity index (χ0n) is 38.6. The average Bonchev–Trinajstić information content (AvgIpc) is 3.21. The Morgan fingerprint density at radius 2 is 1.02 bits per heavy atom. The van der Waals surface area contributed by atoms with Crippen molar-refractivity contribution in [1.29, 1.82) is 0 Å². The summed E-state index contributed by atoms with van der Waals surface area (Å²) in [6.07, 6.45) is 2.15. The normalized spacial score (nSPS) is 13.7. The van der Waals surface area contributed by atoms with Gasteiger partial charge in [0.05, 0.1) is 18.6 Å². The number of nitrogens with two attached hydrogens (primary N) is 8. The molecule has 65 heavy (non-hydrogen) atoms. The predicted molar refractivity (Wildman–Crippen MR) is 248 cm³/mol. The van der Waals surface area contributed by atoms with Gasteiger partial charge < -0.3 is 66.9 Å². The number of aliphatic imine (C=N–C) groups is 3. The lowest BCUT2D eigenvalue weighted by Gasteiger charge is -2.26. The van der Waals surface area contributed by atoms with Crippen molar-refractivity contribution < 1.29 is 43.5 Å². The monoisotopic (exact) mass is 923 g/mol. The van der Waals surface area contributed by atoms with Crippen molar-refractivity contribution in [3.63, 3.8) is 0 Å². The number of hydrogen-bond acceptors (Lipinski definition) is 12. The van der Waals surface area contributed by atoms with Gasteiger partial charge in [-0.15, -0.1) is 0 Å². The lowest BCUT2D eigenvalue weighted by Crippen LogP contribution is -2.48. The van der Waals surface area contributed by atoms with Crippen LogP contribution in [0.3, 0.4) is 0 Å². The van der Waals surface area contributed by atoms with E-state index in [9.17, 15) is 38.4 Å². The van der Waals surface area contributed by atoms with Crippen molar-refractivity contribution >= 4 is 64.8 Å². The molecule has 0 saturated heterocycles. The Morgan fingerprint density at radius 1 is 0.554 bits per heavy atom. The zero-order valence-corrected chi connectivity index (χ0v) is 38.6. The molecule has 0 aromatic carbocycles. The van der Waals surface area contributed by atoms with Crippen LogP contribution < -0.4 is 61.8 Å². The number of ketones is 3. The van der Waals surface area contributed by atoms with Crippen molar-refractivity contribution in [2.75, 3.05) is 32.7 Å². The number of primary amides is 1. The highest BCUT2D eigenvalue weighted by molar-refractivity contribution is 5.96. The number of carbonyl (C=O) groups excluding carboxylic acids is 7. The molecule has 0 unspecified atom stereocenters. The van der Waals surface area contributed by atoms with Crippen molar-refractivity contribution in [3.05, 3.63) is 0 Å². The third-order valence-corrected chi connectivity index (χ3v) is 10.6. The average molecular weight is 923 g/mol. The molecule has 0 saturated carbocycles. The number of carboxylic acids is 1. The van der Waals surface area contributed by atoms with E-state index in [2.05, 4.69) is 30.9 Å². The molecule has 4 amide bonds. The van der Waals surface area contributed by atoms with Crippen LogP contribution in [0.25, 0.3) is 0 Å². The number of unbranched alkanes of at least 4 members (excludes halogenated alkanes) is 1. The molecule has 23 nitrogen and oxygen atoms in total. The maximum absolute atomic E-state index is 14.2. The number of nitrogens with zero attached hydrogens (tertiary/aromatic N) is 3. The molecule has 0 aliphatic rings. The second-order valence-corrected chi connectivity index (χ2v) is 16.7. The Bertz CT molecular complexity index is 1630. The minimum Gasteiger partial charge on any atom is -0.481 e. The molecular weight excluding hydrogens is 845 g/mol. The molecule has 20 N–H and O–H groups in total. The quantitative estimate of drug-likeness (QED) is 0.0191. The standard InChI is InChI=1S/C42H78N14O9/c1-4-26(14-15-35(60)61)37(63)54-24-30(57)21-29(20-25(2)3)39(65)56-32(13-9-19-53-42(49)50)34(59)23-28(10-5-6-16-43)38(64)55-31(12-8-18-52-41(47)48)33(58)22-27(36(44)62)11-7-17-51-40(45)46/h25-29,31-32H,4-24,43H2,1-3H3,(H2,44,62)(H,54,63)(H,55,64)(H,56,65)(H,60,61)(H4,45,46,51)(H4,47,48,52)(H4,49,50,53)/t26-,27+,28+,29+,31-,32-/m0/s1. The van der Waals surface area contributed by atoms with E-state index in [1.165, 1.54) is 0 Å². The molecule has 370 valence electrons. The number of hydrogen-bond donors (Lipinski definition) is 12. The van der Waals surface area contributed by atoms with E-state index in [1.807, 2.05) is 13.8 Å². The fourth-order valence-corrected chi connectivity index (χ4v) is 7.08. The maximum Gasteiger partial charge on any atom is 0.303 e. The van der Waals surface area contributed by atoms with Crippen molar-refractivity contribution in [1.82, 2.24) is 16.0 Å². The van der Waals surface area contributed by atoms with E-state index in [-0.39, 0.29) is 127 Å². The van der Waals surface area contributed by atoms with Crippen LogP contribution in [0.1, 0.15) is 124 Å². The van der Waals surface area contributed by atoms with Crippen molar-refractivity contribution in [2.24, 2.45) is 90.4 Å². The van der Waals surface area contributed by atoms with Gasteiger partial charge in [0.25, 0.3) is 0 Å². The molecule has 0 aromatic heterocycles. The Labute approximate surface area is 382 Å². The van der Waals surface area contributed by atoms with Gasteiger partial charge in [-0.25, -0.2) is 0 Å². The van der Waals surface area contributed by atoms with Crippen LogP contribution in [0.4, 0.5) is 0 Å². The third kappa shape index (κ3) is 28.5. The molecule has 0 heterocycles. The summed E-state index contributed by atoms with van der Waals surface area (Å²) < 4.78 is 0. The molecule has 0 aliphatic heterocycles. The second kappa shape index (κ2) is 33.6. The Kier molecular flexibility index (Phi) is 30.6. The van der Waals surface area contributed by atoms with Crippen LogP contribution in [0.5, 0.6) is 0 Å². The van der Waals surface area contributed by atoms with Crippen LogP contribution >= 0.6 is 0 Å². The minimum atomic E-state index is -1.13. The number of amides is 4. The molecule has 0 rings (SSSR count). The Morgan fingerprint density at radius 3 is 1.45 bits per heavy atom. The number of Topliss-reactive ketones (excluding diaryl/α,β-unsaturated/α-hetero) is 3. The summed E-state index contributed by atoms with van der Waals surface area (Å²) in [6.45, 7) is 5.90. The maximum atomic E-state index is 14.2. The first-order valence-electron chi connectivity index (χ1n) is 22.4. The van der Waals surface area contributed by atoms with Gasteiger partial charge in [-0.2, -0.15) is 0 Å². The van der Waals surface area contributed by atoms with E-state index in [0.717, 1.165) is 0 Å². The molecular formula is C42H78N14O9. The number of carboxylic acid groups (broad SMARTS) is 1. The summed E-state index contributed by atoms with van der Waals surface area (Å²) in [6, 6.07) is -2.23. The lowest BCUT2D eigenvalue weighted by molar-refractivity contribution is -0.138. The summed E-state index contributed by atoms with van der Waals surface area (Å²) in [7, 11) is 0. The van der Waals surface area contributed by atoms with Crippen molar-refractivity contribution in [2.45, 2.75) is 136 Å². The largest absolute Gasteiger partial charge is 0.481 e. The van der Waals surface area contributed by atoms with Gasteiger partial charge in [-0.1, -0.05) is 27.2 Å². The summed E-state index contributed by atoms with van der Waals surface area (Å²) in [5, 5.41) is 17.2. The Hall–Kier alpha value is -5.87. The van der Waals surface area contributed by atoms with Gasteiger partial charge in [0.1, 0.15) is 0 Å². The first-order valence-corrected chi connectivity index (χ1v) is 22.4. The highest BCUT2D eigenvalue weighted by atomic mass is 16.4. The summed E-state index contributed by atoms with van der Waals surface area (Å²) in [5.74, 6) is -8.63. The van der Waals surface area contributed by atoms with E-state index < -0.39 is 82.7 Å². The zero-order chi connectivity index (χ0) is 49.5. The molecule has 0 spiro atoms.